The number of carbonyl (C=O) groups is 1. The normalized spacial score (nSPS) is 10.5. The first kappa shape index (κ1) is 17.1. The molecule has 0 unspecified atom stereocenters. The highest BCUT2D eigenvalue weighted by molar-refractivity contribution is 7.98. The number of thioether (sulfide) groups is 1. The number of nitro benzene ring substituents is 1. The van der Waals surface area contributed by atoms with Gasteiger partial charge in [0.05, 0.1) is 10.5 Å². The Morgan fingerprint density at radius 1 is 1.35 bits per heavy atom. The van der Waals surface area contributed by atoms with Crippen LogP contribution in [0.3, 0.4) is 0 Å². The van der Waals surface area contributed by atoms with E-state index >= 15 is 0 Å². The van der Waals surface area contributed by atoms with E-state index in [1.807, 2.05) is 6.07 Å². The number of furan rings is 1. The van der Waals surface area contributed by atoms with Crippen LogP contribution in [0.1, 0.15) is 27.4 Å². The molecule has 0 aliphatic rings. The molecule has 1 aromatic heterocycles. The Kier molecular flexibility index (Phi) is 5.81. The van der Waals surface area contributed by atoms with Crippen LogP contribution < -0.4 is 5.32 Å². The summed E-state index contributed by atoms with van der Waals surface area (Å²) in [6.45, 7) is 4.10. The van der Waals surface area contributed by atoms with Crippen molar-refractivity contribution in [3.8, 4) is 0 Å². The maximum Gasteiger partial charge on any atom is 0.269 e. The van der Waals surface area contributed by atoms with Crippen LogP contribution in [0.4, 0.5) is 5.69 Å². The molecule has 6 nitrogen and oxygen atoms in total. The van der Waals surface area contributed by atoms with Gasteiger partial charge in [0.25, 0.3) is 11.6 Å². The van der Waals surface area contributed by atoms with E-state index in [9.17, 15) is 14.9 Å². The standard InChI is InChI=1S/C16H18N2O4S/c1-11-8-15(12(2)22-11)16(19)17-6-7-23-10-13-4-3-5-14(9-13)18(20)21/h3-5,8-9H,6-7,10H2,1-2H3,(H,17,19). The van der Waals surface area contributed by atoms with Crippen LogP contribution in [0.25, 0.3) is 0 Å². The van der Waals surface area contributed by atoms with Gasteiger partial charge in [-0.25, -0.2) is 0 Å². The lowest BCUT2D eigenvalue weighted by molar-refractivity contribution is -0.384. The summed E-state index contributed by atoms with van der Waals surface area (Å²) in [6.07, 6.45) is 0. The van der Waals surface area contributed by atoms with E-state index in [-0.39, 0.29) is 11.6 Å². The summed E-state index contributed by atoms with van der Waals surface area (Å²) in [5.74, 6) is 2.58. The molecule has 0 spiro atoms. The Hall–Kier alpha value is -2.28. The number of aryl methyl sites for hydroxylation is 2. The van der Waals surface area contributed by atoms with Crippen molar-refractivity contribution in [1.82, 2.24) is 5.32 Å². The van der Waals surface area contributed by atoms with Crippen LogP contribution in [-0.2, 0) is 5.75 Å². The monoisotopic (exact) mass is 334 g/mol. The second kappa shape index (κ2) is 7.82. The zero-order valence-electron chi connectivity index (χ0n) is 13.0. The first-order valence-electron chi connectivity index (χ1n) is 7.13. The van der Waals surface area contributed by atoms with Gasteiger partial charge in [-0.2, -0.15) is 11.8 Å². The van der Waals surface area contributed by atoms with Crippen LogP contribution in [0.15, 0.2) is 34.7 Å². The molecule has 0 fully saturated rings. The van der Waals surface area contributed by atoms with E-state index in [0.717, 1.165) is 11.3 Å². The summed E-state index contributed by atoms with van der Waals surface area (Å²) in [4.78, 5) is 22.3. The van der Waals surface area contributed by atoms with Gasteiger partial charge in [0.1, 0.15) is 11.5 Å². The van der Waals surface area contributed by atoms with E-state index < -0.39 is 4.92 Å². The molecule has 0 saturated carbocycles. The minimum Gasteiger partial charge on any atom is -0.466 e. The molecule has 23 heavy (non-hydrogen) atoms. The van der Waals surface area contributed by atoms with E-state index in [0.29, 0.717) is 29.4 Å². The van der Waals surface area contributed by atoms with Crippen molar-refractivity contribution < 1.29 is 14.1 Å². The molecule has 1 amide bonds. The summed E-state index contributed by atoms with van der Waals surface area (Å²) in [5, 5.41) is 13.6. The zero-order valence-corrected chi connectivity index (χ0v) is 13.8. The summed E-state index contributed by atoms with van der Waals surface area (Å²) in [7, 11) is 0. The van der Waals surface area contributed by atoms with Crippen LogP contribution in [0, 0.1) is 24.0 Å². The molecule has 2 aromatic rings. The van der Waals surface area contributed by atoms with Gasteiger partial charge in [-0.15, -0.1) is 0 Å². The zero-order chi connectivity index (χ0) is 16.8. The number of nitrogens with one attached hydrogen (secondary N) is 1. The average molecular weight is 334 g/mol. The topological polar surface area (TPSA) is 85.4 Å². The second-order valence-corrected chi connectivity index (χ2v) is 6.17. The van der Waals surface area contributed by atoms with E-state index in [1.54, 1.807) is 43.8 Å². The van der Waals surface area contributed by atoms with E-state index in [4.69, 9.17) is 4.42 Å². The maximum absolute atomic E-state index is 12.0. The summed E-state index contributed by atoms with van der Waals surface area (Å²) >= 11 is 1.61. The van der Waals surface area contributed by atoms with E-state index in [1.165, 1.54) is 6.07 Å². The predicted octanol–water partition coefficient (Wildman–Crippen LogP) is 3.47. The minimum atomic E-state index is -0.399. The molecule has 0 aliphatic carbocycles. The van der Waals surface area contributed by atoms with E-state index in [2.05, 4.69) is 5.32 Å². The number of hydrogen-bond donors (Lipinski definition) is 1. The van der Waals surface area contributed by atoms with Gasteiger partial charge < -0.3 is 9.73 Å². The summed E-state index contributed by atoms with van der Waals surface area (Å²) < 4.78 is 5.33. The minimum absolute atomic E-state index is 0.0993. The lowest BCUT2D eigenvalue weighted by atomic mass is 10.2. The lowest BCUT2D eigenvalue weighted by Gasteiger charge is -2.05. The molecule has 0 bridgehead atoms. The van der Waals surface area contributed by atoms with Crippen molar-refractivity contribution in [2.45, 2.75) is 19.6 Å². The van der Waals surface area contributed by atoms with Gasteiger partial charge in [-0.3, -0.25) is 14.9 Å². The van der Waals surface area contributed by atoms with Crippen LogP contribution >= 0.6 is 11.8 Å². The Labute approximate surface area is 138 Å². The van der Waals surface area contributed by atoms with Gasteiger partial charge in [0.15, 0.2) is 0 Å². The maximum atomic E-state index is 12.0. The molecular formula is C16H18N2O4S. The van der Waals surface area contributed by atoms with Gasteiger partial charge in [0, 0.05) is 30.2 Å². The highest BCUT2D eigenvalue weighted by atomic mass is 32.2. The highest BCUT2D eigenvalue weighted by Gasteiger charge is 2.12. The van der Waals surface area contributed by atoms with Crippen molar-refractivity contribution >= 4 is 23.4 Å². The Bertz CT molecular complexity index is 712. The largest absolute Gasteiger partial charge is 0.466 e. The van der Waals surface area contributed by atoms with Crippen molar-refractivity contribution in [3.05, 3.63) is 63.1 Å². The predicted molar refractivity (Wildman–Crippen MR) is 89.8 cm³/mol. The molecule has 1 N–H and O–H groups in total. The first-order valence-corrected chi connectivity index (χ1v) is 8.29. The molecule has 1 heterocycles. The van der Waals surface area contributed by atoms with Crippen LogP contribution in [0.5, 0.6) is 0 Å². The molecular weight excluding hydrogens is 316 g/mol. The quantitative estimate of drug-likeness (QED) is 0.476. The highest BCUT2D eigenvalue weighted by Crippen LogP contribution is 2.18. The fourth-order valence-electron chi connectivity index (χ4n) is 2.14. The third-order valence-corrected chi connectivity index (χ3v) is 4.24. The summed E-state index contributed by atoms with van der Waals surface area (Å²) in [5.41, 5.74) is 1.56. The van der Waals surface area contributed by atoms with Crippen LogP contribution in [-0.4, -0.2) is 23.1 Å². The van der Waals surface area contributed by atoms with Gasteiger partial charge in [-0.05, 0) is 25.5 Å². The molecule has 1 aromatic carbocycles. The number of carbonyl (C=O) groups excluding carboxylic acids is 1. The lowest BCUT2D eigenvalue weighted by Crippen LogP contribution is -2.25. The van der Waals surface area contributed by atoms with Gasteiger partial charge >= 0.3 is 0 Å². The molecule has 0 aliphatic heterocycles. The number of nitrogens with zero attached hydrogens (tertiary/aromatic N) is 1. The SMILES string of the molecule is Cc1cc(C(=O)NCCSCc2cccc([N+](=O)[O-])c2)c(C)o1. The van der Waals surface area contributed by atoms with Crippen molar-refractivity contribution in [2.24, 2.45) is 0 Å². The molecule has 7 heteroatoms. The molecule has 0 radical (unpaired) electrons. The van der Waals surface area contributed by atoms with Crippen molar-refractivity contribution in [2.75, 3.05) is 12.3 Å². The summed E-state index contributed by atoms with van der Waals surface area (Å²) in [6, 6.07) is 8.31. The third-order valence-electron chi connectivity index (χ3n) is 3.21. The first-order chi connectivity index (χ1) is 11.0. The number of rotatable bonds is 7. The molecule has 0 atom stereocenters. The van der Waals surface area contributed by atoms with Gasteiger partial charge in [-0.1, -0.05) is 12.1 Å². The number of hydrogen-bond acceptors (Lipinski definition) is 5. The second-order valence-electron chi connectivity index (χ2n) is 5.06. The Balaban J connectivity index is 1.74. The van der Waals surface area contributed by atoms with Crippen molar-refractivity contribution in [1.29, 1.82) is 0 Å². The van der Waals surface area contributed by atoms with Crippen molar-refractivity contribution in [3.63, 3.8) is 0 Å². The average Bonchev–Trinajstić information content (AvgIpc) is 2.85. The number of non-ortho nitro benzene ring substituents is 1. The molecule has 2 rings (SSSR count). The molecule has 122 valence electrons. The Morgan fingerprint density at radius 3 is 2.78 bits per heavy atom. The molecule has 0 saturated heterocycles. The number of amides is 1. The smallest absolute Gasteiger partial charge is 0.269 e. The number of nitro groups is 1. The van der Waals surface area contributed by atoms with Gasteiger partial charge in [0.2, 0.25) is 0 Å². The Morgan fingerprint density at radius 2 is 2.13 bits per heavy atom. The number of benzene rings is 1. The fraction of sp³-hybridized carbons (Fsp3) is 0.312. The fourth-order valence-corrected chi connectivity index (χ4v) is 2.94. The van der Waals surface area contributed by atoms with Crippen LogP contribution in [0.2, 0.25) is 0 Å². The third kappa shape index (κ3) is 4.85.